The molecule has 98 valence electrons. The minimum atomic E-state index is -0.351. The number of benzene rings is 1. The maximum absolute atomic E-state index is 10.7. The van der Waals surface area contributed by atoms with Crippen LogP contribution in [0.5, 0.6) is 0 Å². The van der Waals surface area contributed by atoms with Crippen LogP contribution in [0.3, 0.4) is 0 Å². The van der Waals surface area contributed by atoms with Gasteiger partial charge in [-0.1, -0.05) is 31.2 Å². The first-order chi connectivity index (χ1) is 8.69. The van der Waals surface area contributed by atoms with E-state index in [2.05, 4.69) is 18.3 Å². The molecule has 1 N–H and O–H groups in total. The number of nitrogens with zero attached hydrogens (tertiary/aromatic N) is 1. The Balaban J connectivity index is 2.69. The third kappa shape index (κ3) is 4.30. The first-order valence-corrected chi connectivity index (χ1v) is 6.28. The Morgan fingerprint density at radius 3 is 2.89 bits per heavy atom. The molecule has 1 unspecified atom stereocenters. The third-order valence-electron chi connectivity index (χ3n) is 2.83. The average molecular weight is 248 g/mol. The van der Waals surface area contributed by atoms with Gasteiger partial charge in [0.05, 0.1) is 4.92 Å². The maximum Gasteiger partial charge on any atom is 0.269 e. The molecular formula is C14H20N2O2. The molecule has 0 radical (unpaired) electrons. The molecule has 0 bridgehead atoms. The van der Waals surface area contributed by atoms with Crippen LogP contribution in [0.1, 0.15) is 38.3 Å². The molecule has 4 heteroatoms. The molecule has 0 saturated heterocycles. The molecule has 0 heterocycles. The van der Waals surface area contributed by atoms with Crippen molar-refractivity contribution < 1.29 is 4.92 Å². The Hall–Kier alpha value is -1.68. The molecule has 0 aliphatic carbocycles. The van der Waals surface area contributed by atoms with Crippen molar-refractivity contribution in [2.24, 2.45) is 0 Å². The Morgan fingerprint density at radius 1 is 1.50 bits per heavy atom. The van der Waals surface area contributed by atoms with E-state index in [1.807, 2.05) is 19.1 Å². The van der Waals surface area contributed by atoms with Gasteiger partial charge in [-0.15, -0.1) is 0 Å². The van der Waals surface area contributed by atoms with Gasteiger partial charge in [0.1, 0.15) is 0 Å². The smallest absolute Gasteiger partial charge is 0.269 e. The standard InChI is InChI=1S/C14H20N2O2/c1-3-5-6-10-15-14(4-2)12-8-7-9-13(11-12)16(17)18/h3,5,7-9,11,14-15H,4,6,10H2,1-2H3/b5-3+. The molecule has 4 nitrogen and oxygen atoms in total. The van der Waals surface area contributed by atoms with Crippen LogP contribution in [0.2, 0.25) is 0 Å². The normalized spacial score (nSPS) is 12.8. The van der Waals surface area contributed by atoms with Crippen LogP contribution < -0.4 is 5.32 Å². The molecule has 1 aromatic carbocycles. The van der Waals surface area contributed by atoms with Gasteiger partial charge in [-0.2, -0.15) is 0 Å². The number of rotatable bonds is 7. The zero-order valence-corrected chi connectivity index (χ0v) is 10.9. The monoisotopic (exact) mass is 248 g/mol. The molecule has 0 saturated carbocycles. The van der Waals surface area contributed by atoms with E-state index in [0.717, 1.165) is 24.9 Å². The van der Waals surface area contributed by atoms with Gasteiger partial charge >= 0.3 is 0 Å². The number of hydrogen-bond donors (Lipinski definition) is 1. The summed E-state index contributed by atoms with van der Waals surface area (Å²) in [6.07, 6.45) is 6.02. The number of non-ortho nitro benzene ring substituents is 1. The van der Waals surface area contributed by atoms with Crippen molar-refractivity contribution in [3.63, 3.8) is 0 Å². The molecule has 0 aromatic heterocycles. The Bertz CT molecular complexity index is 416. The summed E-state index contributed by atoms with van der Waals surface area (Å²) < 4.78 is 0. The molecule has 1 atom stereocenters. The fourth-order valence-corrected chi connectivity index (χ4v) is 1.86. The minimum Gasteiger partial charge on any atom is -0.310 e. The summed E-state index contributed by atoms with van der Waals surface area (Å²) in [5, 5.41) is 14.2. The number of nitro benzene ring substituents is 1. The zero-order valence-electron chi connectivity index (χ0n) is 10.9. The average Bonchev–Trinajstić information content (AvgIpc) is 2.39. The highest BCUT2D eigenvalue weighted by Crippen LogP contribution is 2.21. The van der Waals surface area contributed by atoms with E-state index in [4.69, 9.17) is 0 Å². The summed E-state index contributed by atoms with van der Waals surface area (Å²) in [5.41, 5.74) is 1.13. The summed E-state index contributed by atoms with van der Waals surface area (Å²) >= 11 is 0. The lowest BCUT2D eigenvalue weighted by Gasteiger charge is -2.16. The van der Waals surface area contributed by atoms with Crippen molar-refractivity contribution in [2.45, 2.75) is 32.7 Å². The predicted molar refractivity (Wildman–Crippen MR) is 73.6 cm³/mol. The van der Waals surface area contributed by atoms with E-state index in [1.54, 1.807) is 12.1 Å². The van der Waals surface area contributed by atoms with Crippen LogP contribution >= 0.6 is 0 Å². The first kappa shape index (κ1) is 14.4. The molecular weight excluding hydrogens is 228 g/mol. The number of hydrogen-bond acceptors (Lipinski definition) is 3. The van der Waals surface area contributed by atoms with Crippen molar-refractivity contribution in [3.05, 3.63) is 52.1 Å². The van der Waals surface area contributed by atoms with Crippen LogP contribution in [-0.2, 0) is 0 Å². The van der Waals surface area contributed by atoms with E-state index in [9.17, 15) is 10.1 Å². The second-order valence-corrected chi connectivity index (χ2v) is 4.12. The van der Waals surface area contributed by atoms with E-state index in [1.165, 1.54) is 6.07 Å². The molecule has 1 rings (SSSR count). The topological polar surface area (TPSA) is 55.2 Å². The Morgan fingerprint density at radius 2 is 2.28 bits per heavy atom. The maximum atomic E-state index is 10.7. The lowest BCUT2D eigenvalue weighted by molar-refractivity contribution is -0.384. The van der Waals surface area contributed by atoms with Gasteiger partial charge in [-0.3, -0.25) is 10.1 Å². The van der Waals surface area contributed by atoms with E-state index in [0.29, 0.717) is 0 Å². The summed E-state index contributed by atoms with van der Waals surface area (Å²) in [7, 11) is 0. The largest absolute Gasteiger partial charge is 0.310 e. The highest BCUT2D eigenvalue weighted by molar-refractivity contribution is 5.35. The minimum absolute atomic E-state index is 0.154. The van der Waals surface area contributed by atoms with Gasteiger partial charge in [0.2, 0.25) is 0 Å². The molecule has 18 heavy (non-hydrogen) atoms. The Kier molecular flexibility index (Phi) is 6.08. The number of allylic oxidation sites excluding steroid dienone is 1. The van der Waals surface area contributed by atoms with Gasteiger partial charge in [0, 0.05) is 18.2 Å². The van der Waals surface area contributed by atoms with E-state index in [-0.39, 0.29) is 16.7 Å². The van der Waals surface area contributed by atoms with Crippen molar-refractivity contribution in [2.75, 3.05) is 6.54 Å². The molecule has 0 fully saturated rings. The van der Waals surface area contributed by atoms with Crippen molar-refractivity contribution in [1.82, 2.24) is 5.32 Å². The fourth-order valence-electron chi connectivity index (χ4n) is 1.86. The molecule has 0 aliphatic heterocycles. The van der Waals surface area contributed by atoms with Crippen molar-refractivity contribution in [1.29, 1.82) is 0 Å². The second kappa shape index (κ2) is 7.61. The molecule has 0 amide bonds. The summed E-state index contributed by atoms with van der Waals surface area (Å²) in [5.74, 6) is 0. The summed E-state index contributed by atoms with van der Waals surface area (Å²) in [6.45, 7) is 4.95. The van der Waals surface area contributed by atoms with Crippen LogP contribution in [0.4, 0.5) is 5.69 Å². The highest BCUT2D eigenvalue weighted by atomic mass is 16.6. The predicted octanol–water partition coefficient (Wildman–Crippen LogP) is 3.60. The second-order valence-electron chi connectivity index (χ2n) is 4.12. The van der Waals surface area contributed by atoms with Gasteiger partial charge < -0.3 is 5.32 Å². The van der Waals surface area contributed by atoms with Crippen LogP contribution in [0.15, 0.2) is 36.4 Å². The summed E-state index contributed by atoms with van der Waals surface area (Å²) in [6, 6.07) is 7.02. The van der Waals surface area contributed by atoms with Crippen molar-refractivity contribution in [3.8, 4) is 0 Å². The van der Waals surface area contributed by atoms with Gasteiger partial charge in [-0.05, 0) is 31.9 Å². The lowest BCUT2D eigenvalue weighted by Crippen LogP contribution is -2.21. The van der Waals surface area contributed by atoms with Gasteiger partial charge in [0.15, 0.2) is 0 Å². The zero-order chi connectivity index (χ0) is 13.4. The van der Waals surface area contributed by atoms with E-state index >= 15 is 0 Å². The van der Waals surface area contributed by atoms with Crippen LogP contribution in [-0.4, -0.2) is 11.5 Å². The Labute approximate surface area is 108 Å². The van der Waals surface area contributed by atoms with E-state index < -0.39 is 0 Å². The SMILES string of the molecule is C/C=C/CCNC(CC)c1cccc([N+](=O)[O-])c1. The van der Waals surface area contributed by atoms with Gasteiger partial charge in [0.25, 0.3) is 5.69 Å². The van der Waals surface area contributed by atoms with Crippen LogP contribution in [0.25, 0.3) is 0 Å². The highest BCUT2D eigenvalue weighted by Gasteiger charge is 2.12. The third-order valence-corrected chi connectivity index (χ3v) is 2.83. The van der Waals surface area contributed by atoms with Crippen LogP contribution in [0, 0.1) is 10.1 Å². The number of nitro groups is 1. The molecule has 1 aromatic rings. The lowest BCUT2D eigenvalue weighted by atomic mass is 10.0. The molecule has 0 aliphatic rings. The van der Waals surface area contributed by atoms with Gasteiger partial charge in [-0.25, -0.2) is 0 Å². The summed E-state index contributed by atoms with van der Waals surface area (Å²) in [4.78, 5) is 10.4. The van der Waals surface area contributed by atoms with Crippen molar-refractivity contribution >= 4 is 5.69 Å². The fraction of sp³-hybridized carbons (Fsp3) is 0.429. The quantitative estimate of drug-likeness (QED) is 0.347. The number of nitrogens with one attached hydrogen (secondary N) is 1. The first-order valence-electron chi connectivity index (χ1n) is 6.28. The molecule has 0 spiro atoms.